The van der Waals surface area contributed by atoms with Gasteiger partial charge in [-0.25, -0.2) is 12.8 Å². The van der Waals surface area contributed by atoms with E-state index in [2.05, 4.69) is 5.32 Å². The maximum absolute atomic E-state index is 13.9. The van der Waals surface area contributed by atoms with E-state index < -0.39 is 27.6 Å². The molecule has 0 aliphatic heterocycles. The number of phenols is 1. The molecule has 2 N–H and O–H groups in total. The van der Waals surface area contributed by atoms with E-state index in [0.717, 1.165) is 12.3 Å². The standard InChI is InChI=1S/C16H16FNO4S/c1-10(18-16(20)12-5-3-4-6-14(12)19)11-7-8-15(13(17)9-11)23(2,21)22/h3-10,19H,1-2H3,(H,18,20). The van der Waals surface area contributed by atoms with Crippen molar-refractivity contribution in [1.29, 1.82) is 0 Å². The molecule has 1 unspecified atom stereocenters. The van der Waals surface area contributed by atoms with E-state index >= 15 is 0 Å². The molecule has 1 amide bonds. The lowest BCUT2D eigenvalue weighted by Crippen LogP contribution is -2.26. The van der Waals surface area contributed by atoms with E-state index in [0.29, 0.717) is 5.56 Å². The Kier molecular flexibility index (Phi) is 4.70. The van der Waals surface area contributed by atoms with Gasteiger partial charge in [-0.1, -0.05) is 18.2 Å². The summed E-state index contributed by atoms with van der Waals surface area (Å²) < 4.78 is 36.7. The third-order valence-electron chi connectivity index (χ3n) is 3.35. The molecule has 0 saturated heterocycles. The Labute approximate surface area is 133 Å². The third kappa shape index (κ3) is 3.87. The number of para-hydroxylation sites is 1. The average Bonchev–Trinajstić information content (AvgIpc) is 2.46. The van der Waals surface area contributed by atoms with Gasteiger partial charge in [0, 0.05) is 6.26 Å². The quantitative estimate of drug-likeness (QED) is 0.897. The molecule has 0 aliphatic carbocycles. The Hall–Kier alpha value is -2.41. The van der Waals surface area contributed by atoms with Gasteiger partial charge in [0.1, 0.15) is 16.5 Å². The van der Waals surface area contributed by atoms with Gasteiger partial charge >= 0.3 is 0 Å². The molecule has 7 heteroatoms. The minimum absolute atomic E-state index is 0.104. The molecule has 2 aromatic carbocycles. The van der Waals surface area contributed by atoms with E-state index in [1.54, 1.807) is 19.1 Å². The van der Waals surface area contributed by atoms with Crippen LogP contribution in [0.25, 0.3) is 0 Å². The Balaban J connectivity index is 2.22. The minimum Gasteiger partial charge on any atom is -0.507 e. The molecule has 0 spiro atoms. The predicted molar refractivity (Wildman–Crippen MR) is 83.5 cm³/mol. The fourth-order valence-corrected chi connectivity index (χ4v) is 2.84. The van der Waals surface area contributed by atoms with Gasteiger partial charge in [-0.3, -0.25) is 4.79 Å². The van der Waals surface area contributed by atoms with Crippen molar-refractivity contribution in [3.63, 3.8) is 0 Å². The topological polar surface area (TPSA) is 83.5 Å². The number of halogens is 1. The van der Waals surface area contributed by atoms with Crippen LogP contribution in [0.5, 0.6) is 5.75 Å². The van der Waals surface area contributed by atoms with Crippen molar-refractivity contribution < 1.29 is 22.7 Å². The lowest BCUT2D eigenvalue weighted by molar-refractivity contribution is 0.0937. The molecule has 1 atom stereocenters. The largest absolute Gasteiger partial charge is 0.507 e. The first kappa shape index (κ1) is 17.0. The molecular weight excluding hydrogens is 321 g/mol. The van der Waals surface area contributed by atoms with Crippen molar-refractivity contribution in [2.75, 3.05) is 6.26 Å². The Morgan fingerprint density at radius 2 is 1.87 bits per heavy atom. The monoisotopic (exact) mass is 337 g/mol. The average molecular weight is 337 g/mol. The Morgan fingerprint density at radius 1 is 1.22 bits per heavy atom. The fraction of sp³-hybridized carbons (Fsp3) is 0.188. The summed E-state index contributed by atoms with van der Waals surface area (Å²) in [5.74, 6) is -1.53. The zero-order chi connectivity index (χ0) is 17.2. The number of carbonyl (C=O) groups is 1. The van der Waals surface area contributed by atoms with Crippen molar-refractivity contribution >= 4 is 15.7 Å². The van der Waals surface area contributed by atoms with Crippen molar-refractivity contribution in [2.24, 2.45) is 0 Å². The molecule has 122 valence electrons. The second kappa shape index (κ2) is 6.37. The van der Waals surface area contributed by atoms with Crippen LogP contribution < -0.4 is 5.32 Å². The molecule has 23 heavy (non-hydrogen) atoms. The van der Waals surface area contributed by atoms with Crippen LogP contribution in [-0.4, -0.2) is 25.7 Å². The first-order valence-corrected chi connectivity index (χ1v) is 8.67. The number of nitrogens with one attached hydrogen (secondary N) is 1. The van der Waals surface area contributed by atoms with Crippen molar-refractivity contribution in [1.82, 2.24) is 5.32 Å². The first-order valence-electron chi connectivity index (χ1n) is 6.78. The van der Waals surface area contributed by atoms with Crippen LogP contribution in [0.1, 0.15) is 28.9 Å². The van der Waals surface area contributed by atoms with E-state index in [1.807, 2.05) is 0 Å². The summed E-state index contributed by atoms with van der Waals surface area (Å²) in [5.41, 5.74) is 0.520. The maximum atomic E-state index is 13.9. The number of phenolic OH excluding ortho intramolecular Hbond substituents is 1. The van der Waals surface area contributed by atoms with Gasteiger partial charge < -0.3 is 10.4 Å². The minimum atomic E-state index is -3.64. The number of carbonyl (C=O) groups excluding carboxylic acids is 1. The summed E-state index contributed by atoms with van der Waals surface area (Å²) in [5, 5.41) is 12.3. The molecular formula is C16H16FNO4S. The first-order chi connectivity index (χ1) is 10.7. The summed E-state index contributed by atoms with van der Waals surface area (Å²) >= 11 is 0. The fourth-order valence-electron chi connectivity index (χ4n) is 2.11. The third-order valence-corrected chi connectivity index (χ3v) is 4.48. The van der Waals surface area contributed by atoms with Gasteiger partial charge in [-0.15, -0.1) is 0 Å². The summed E-state index contributed by atoms with van der Waals surface area (Å²) in [6.07, 6.45) is 0.925. The number of sulfone groups is 1. The smallest absolute Gasteiger partial charge is 0.255 e. The Morgan fingerprint density at radius 3 is 2.43 bits per heavy atom. The van der Waals surface area contributed by atoms with Gasteiger partial charge in [0.05, 0.1) is 11.6 Å². The second-order valence-corrected chi connectivity index (χ2v) is 7.16. The highest BCUT2D eigenvalue weighted by Crippen LogP contribution is 2.21. The number of benzene rings is 2. The molecule has 5 nitrogen and oxygen atoms in total. The summed E-state index contributed by atoms with van der Waals surface area (Å²) in [7, 11) is -3.64. The van der Waals surface area contributed by atoms with Gasteiger partial charge in [0.25, 0.3) is 5.91 Å². The van der Waals surface area contributed by atoms with Crippen LogP contribution in [0.2, 0.25) is 0 Å². The zero-order valence-electron chi connectivity index (χ0n) is 12.6. The molecule has 0 radical (unpaired) electrons. The highest BCUT2D eigenvalue weighted by Gasteiger charge is 2.18. The van der Waals surface area contributed by atoms with Gasteiger partial charge in [-0.05, 0) is 36.8 Å². The van der Waals surface area contributed by atoms with E-state index in [9.17, 15) is 22.7 Å². The maximum Gasteiger partial charge on any atom is 0.255 e. The summed E-state index contributed by atoms with van der Waals surface area (Å²) in [6.45, 7) is 1.63. The number of amides is 1. The van der Waals surface area contributed by atoms with E-state index in [4.69, 9.17) is 0 Å². The van der Waals surface area contributed by atoms with Crippen LogP contribution in [0.4, 0.5) is 4.39 Å². The Bertz CT molecular complexity index is 849. The lowest BCUT2D eigenvalue weighted by Gasteiger charge is -2.15. The predicted octanol–water partition coefficient (Wildman–Crippen LogP) is 2.43. The van der Waals surface area contributed by atoms with Crippen LogP contribution in [0.15, 0.2) is 47.4 Å². The van der Waals surface area contributed by atoms with Crippen LogP contribution in [-0.2, 0) is 9.84 Å². The van der Waals surface area contributed by atoms with Crippen molar-refractivity contribution in [2.45, 2.75) is 17.9 Å². The lowest BCUT2D eigenvalue weighted by atomic mass is 10.1. The highest BCUT2D eigenvalue weighted by atomic mass is 32.2. The number of hydrogen-bond donors (Lipinski definition) is 2. The molecule has 0 heterocycles. The van der Waals surface area contributed by atoms with Gasteiger partial charge in [0.2, 0.25) is 0 Å². The van der Waals surface area contributed by atoms with Gasteiger partial charge in [0.15, 0.2) is 9.84 Å². The van der Waals surface area contributed by atoms with Gasteiger partial charge in [-0.2, -0.15) is 0 Å². The molecule has 0 aliphatic rings. The van der Waals surface area contributed by atoms with Crippen LogP contribution in [0, 0.1) is 5.82 Å². The van der Waals surface area contributed by atoms with E-state index in [1.165, 1.54) is 24.3 Å². The van der Waals surface area contributed by atoms with Crippen LogP contribution in [0.3, 0.4) is 0 Å². The van der Waals surface area contributed by atoms with E-state index in [-0.39, 0.29) is 16.2 Å². The molecule has 2 aromatic rings. The van der Waals surface area contributed by atoms with Crippen molar-refractivity contribution in [3.8, 4) is 5.75 Å². The second-order valence-electron chi connectivity index (χ2n) is 5.17. The molecule has 0 aromatic heterocycles. The van der Waals surface area contributed by atoms with Crippen LogP contribution >= 0.6 is 0 Å². The SMILES string of the molecule is CC(NC(=O)c1ccccc1O)c1ccc(S(C)(=O)=O)c(F)c1. The number of hydrogen-bond acceptors (Lipinski definition) is 4. The molecule has 0 bridgehead atoms. The highest BCUT2D eigenvalue weighted by molar-refractivity contribution is 7.90. The van der Waals surface area contributed by atoms with Crippen molar-refractivity contribution in [3.05, 3.63) is 59.4 Å². The zero-order valence-corrected chi connectivity index (χ0v) is 13.4. The number of rotatable bonds is 4. The summed E-state index contributed by atoms with van der Waals surface area (Å²) in [4.78, 5) is 11.7. The molecule has 0 saturated carbocycles. The summed E-state index contributed by atoms with van der Waals surface area (Å²) in [6, 6.07) is 9.18. The normalized spacial score (nSPS) is 12.7. The molecule has 0 fully saturated rings. The molecule has 2 rings (SSSR count). The number of aromatic hydroxyl groups is 1.